The predicted molar refractivity (Wildman–Crippen MR) is 65.8 cm³/mol. The van der Waals surface area contributed by atoms with Crippen LogP contribution >= 0.6 is 11.3 Å². The molecular formula is C12H19NO2S. The van der Waals surface area contributed by atoms with Crippen LogP contribution in [0.4, 0.5) is 0 Å². The minimum absolute atomic E-state index is 0.0317. The summed E-state index contributed by atoms with van der Waals surface area (Å²) in [5.41, 5.74) is 7.03. The molecule has 1 saturated heterocycles. The second-order valence-corrected chi connectivity index (χ2v) is 5.11. The summed E-state index contributed by atoms with van der Waals surface area (Å²) in [6.07, 6.45) is 2.57. The standard InChI is InChI=1S/C12H19NO2S/c1-9-4-6-16-12(9)11(7-13)15-8-10-3-2-5-14-10/h4,6,10-11H,2-3,5,7-8,13H2,1H3. The van der Waals surface area contributed by atoms with Crippen molar-refractivity contribution in [3.8, 4) is 0 Å². The van der Waals surface area contributed by atoms with E-state index in [0.717, 1.165) is 19.4 Å². The summed E-state index contributed by atoms with van der Waals surface area (Å²) in [5.74, 6) is 0. The number of rotatable bonds is 5. The number of ether oxygens (including phenoxy) is 2. The monoisotopic (exact) mass is 241 g/mol. The fourth-order valence-corrected chi connectivity index (χ4v) is 2.95. The number of thiophene rings is 1. The van der Waals surface area contributed by atoms with Gasteiger partial charge in [-0.2, -0.15) is 0 Å². The molecule has 4 heteroatoms. The van der Waals surface area contributed by atoms with E-state index in [2.05, 4.69) is 18.4 Å². The van der Waals surface area contributed by atoms with Crippen molar-refractivity contribution in [3.05, 3.63) is 21.9 Å². The van der Waals surface area contributed by atoms with Gasteiger partial charge in [-0.1, -0.05) is 0 Å². The van der Waals surface area contributed by atoms with Crippen molar-refractivity contribution in [1.29, 1.82) is 0 Å². The molecule has 2 N–H and O–H groups in total. The molecule has 0 radical (unpaired) electrons. The maximum atomic E-state index is 5.86. The van der Waals surface area contributed by atoms with Crippen LogP contribution in [0.15, 0.2) is 11.4 Å². The molecule has 0 aromatic carbocycles. The summed E-state index contributed by atoms with van der Waals surface area (Å²) >= 11 is 1.72. The van der Waals surface area contributed by atoms with Crippen LogP contribution in [0.2, 0.25) is 0 Å². The smallest absolute Gasteiger partial charge is 0.104 e. The van der Waals surface area contributed by atoms with Gasteiger partial charge in [0, 0.05) is 18.0 Å². The maximum Gasteiger partial charge on any atom is 0.104 e. The molecule has 2 heterocycles. The quantitative estimate of drug-likeness (QED) is 0.860. The van der Waals surface area contributed by atoms with Gasteiger partial charge in [0.15, 0.2) is 0 Å². The number of aryl methyl sites for hydroxylation is 1. The molecule has 0 aliphatic carbocycles. The number of hydrogen-bond acceptors (Lipinski definition) is 4. The molecule has 1 aliphatic rings. The van der Waals surface area contributed by atoms with Crippen LogP contribution in [0.1, 0.15) is 29.4 Å². The highest BCUT2D eigenvalue weighted by molar-refractivity contribution is 7.10. The van der Waals surface area contributed by atoms with Gasteiger partial charge in [0.25, 0.3) is 0 Å². The second-order valence-electron chi connectivity index (χ2n) is 4.16. The molecule has 0 saturated carbocycles. The van der Waals surface area contributed by atoms with Crippen LogP contribution in [0, 0.1) is 6.92 Å². The van der Waals surface area contributed by atoms with Crippen molar-refractivity contribution in [2.45, 2.75) is 32.0 Å². The second kappa shape index (κ2) is 5.77. The lowest BCUT2D eigenvalue weighted by molar-refractivity contribution is -0.0171. The fourth-order valence-electron chi connectivity index (χ4n) is 1.96. The lowest BCUT2D eigenvalue weighted by Crippen LogP contribution is -2.21. The molecule has 90 valence electrons. The van der Waals surface area contributed by atoms with E-state index in [0.29, 0.717) is 13.2 Å². The first kappa shape index (κ1) is 12.0. The predicted octanol–water partition coefficient (Wildman–Crippen LogP) is 2.25. The third kappa shape index (κ3) is 2.83. The zero-order chi connectivity index (χ0) is 11.4. The van der Waals surface area contributed by atoms with Gasteiger partial charge in [-0.25, -0.2) is 0 Å². The Morgan fingerprint density at radius 1 is 1.69 bits per heavy atom. The van der Waals surface area contributed by atoms with Crippen LogP contribution in [-0.2, 0) is 9.47 Å². The molecule has 1 aromatic heterocycles. The zero-order valence-electron chi connectivity index (χ0n) is 9.65. The van der Waals surface area contributed by atoms with Gasteiger partial charge < -0.3 is 15.2 Å². The Kier molecular flexibility index (Phi) is 4.35. The fraction of sp³-hybridized carbons (Fsp3) is 0.667. The molecule has 2 unspecified atom stereocenters. The van der Waals surface area contributed by atoms with Crippen molar-refractivity contribution < 1.29 is 9.47 Å². The van der Waals surface area contributed by atoms with Crippen molar-refractivity contribution in [2.75, 3.05) is 19.8 Å². The van der Waals surface area contributed by atoms with Gasteiger partial charge in [0.05, 0.1) is 12.7 Å². The first-order valence-electron chi connectivity index (χ1n) is 5.78. The first-order valence-corrected chi connectivity index (χ1v) is 6.66. The highest BCUT2D eigenvalue weighted by Gasteiger charge is 2.20. The minimum Gasteiger partial charge on any atom is -0.376 e. The molecule has 0 amide bonds. The first-order chi connectivity index (χ1) is 7.81. The van der Waals surface area contributed by atoms with Crippen LogP contribution in [-0.4, -0.2) is 25.9 Å². The molecule has 2 atom stereocenters. The number of nitrogens with two attached hydrogens (primary N) is 1. The highest BCUT2D eigenvalue weighted by Crippen LogP contribution is 2.26. The Morgan fingerprint density at radius 2 is 2.56 bits per heavy atom. The summed E-state index contributed by atoms with van der Waals surface area (Å²) in [6, 6.07) is 2.11. The average molecular weight is 241 g/mol. The zero-order valence-corrected chi connectivity index (χ0v) is 10.5. The van der Waals surface area contributed by atoms with Gasteiger partial charge in [-0.3, -0.25) is 0 Å². The average Bonchev–Trinajstić information content (AvgIpc) is 2.92. The van der Waals surface area contributed by atoms with Gasteiger partial charge in [-0.15, -0.1) is 11.3 Å². The van der Waals surface area contributed by atoms with Crippen LogP contribution in [0.25, 0.3) is 0 Å². The Hall–Kier alpha value is -0.420. The lowest BCUT2D eigenvalue weighted by Gasteiger charge is -2.18. The van der Waals surface area contributed by atoms with E-state index in [1.807, 2.05) is 0 Å². The summed E-state index contributed by atoms with van der Waals surface area (Å²) < 4.78 is 11.4. The van der Waals surface area contributed by atoms with Crippen LogP contribution in [0.3, 0.4) is 0 Å². The van der Waals surface area contributed by atoms with E-state index < -0.39 is 0 Å². The molecule has 3 nitrogen and oxygen atoms in total. The Labute approximate surface area is 101 Å². The van der Waals surface area contributed by atoms with Crippen molar-refractivity contribution in [1.82, 2.24) is 0 Å². The largest absolute Gasteiger partial charge is 0.376 e. The lowest BCUT2D eigenvalue weighted by atomic mass is 10.2. The third-order valence-electron chi connectivity index (χ3n) is 2.92. The molecule has 2 rings (SSSR count). The topological polar surface area (TPSA) is 44.5 Å². The molecule has 1 fully saturated rings. The Balaban J connectivity index is 1.88. The van der Waals surface area contributed by atoms with Gasteiger partial charge in [-0.05, 0) is 36.8 Å². The van der Waals surface area contributed by atoms with Crippen molar-refractivity contribution >= 4 is 11.3 Å². The SMILES string of the molecule is Cc1ccsc1C(CN)OCC1CCCO1. The summed E-state index contributed by atoms with van der Waals surface area (Å²) in [4.78, 5) is 1.25. The summed E-state index contributed by atoms with van der Waals surface area (Å²) in [7, 11) is 0. The minimum atomic E-state index is 0.0317. The summed E-state index contributed by atoms with van der Waals surface area (Å²) in [5, 5.41) is 2.09. The highest BCUT2D eigenvalue weighted by atomic mass is 32.1. The van der Waals surface area contributed by atoms with Gasteiger partial charge >= 0.3 is 0 Å². The Bertz CT molecular complexity index is 321. The number of hydrogen-bond donors (Lipinski definition) is 1. The van der Waals surface area contributed by atoms with E-state index in [1.165, 1.54) is 10.4 Å². The third-order valence-corrected chi connectivity index (χ3v) is 4.03. The van der Waals surface area contributed by atoms with E-state index in [1.54, 1.807) is 11.3 Å². The molecule has 0 spiro atoms. The van der Waals surface area contributed by atoms with Crippen LogP contribution < -0.4 is 5.73 Å². The maximum absolute atomic E-state index is 5.86. The summed E-state index contributed by atoms with van der Waals surface area (Å²) in [6.45, 7) is 4.18. The molecule has 1 aliphatic heterocycles. The van der Waals surface area contributed by atoms with Gasteiger partial charge in [0.1, 0.15) is 6.10 Å². The van der Waals surface area contributed by atoms with Crippen molar-refractivity contribution in [3.63, 3.8) is 0 Å². The van der Waals surface area contributed by atoms with Crippen molar-refractivity contribution in [2.24, 2.45) is 5.73 Å². The van der Waals surface area contributed by atoms with Gasteiger partial charge in [0.2, 0.25) is 0 Å². The molecule has 16 heavy (non-hydrogen) atoms. The molecule has 0 bridgehead atoms. The molecular weight excluding hydrogens is 222 g/mol. The molecule has 1 aromatic rings. The normalized spacial score (nSPS) is 22.5. The van der Waals surface area contributed by atoms with Crippen LogP contribution in [0.5, 0.6) is 0 Å². The van der Waals surface area contributed by atoms with E-state index >= 15 is 0 Å². The van der Waals surface area contributed by atoms with E-state index in [9.17, 15) is 0 Å². The Morgan fingerprint density at radius 3 is 3.12 bits per heavy atom. The van der Waals surface area contributed by atoms with E-state index in [-0.39, 0.29) is 12.2 Å². The van der Waals surface area contributed by atoms with E-state index in [4.69, 9.17) is 15.2 Å².